The van der Waals surface area contributed by atoms with Crippen molar-refractivity contribution < 1.29 is 4.42 Å². The summed E-state index contributed by atoms with van der Waals surface area (Å²) < 4.78 is 6.55. The van der Waals surface area contributed by atoms with Crippen LogP contribution in [0.25, 0.3) is 100 Å². The van der Waals surface area contributed by atoms with Crippen molar-refractivity contribution in [3.8, 4) is 67.5 Å². The van der Waals surface area contributed by atoms with Gasteiger partial charge in [-0.25, -0.2) is 15.0 Å². The molecule has 0 saturated heterocycles. The Bertz CT molecular complexity index is 2950. The summed E-state index contributed by atoms with van der Waals surface area (Å²) in [6, 6.07) is 65.3. The van der Waals surface area contributed by atoms with Crippen LogP contribution in [0.4, 0.5) is 0 Å². The van der Waals surface area contributed by atoms with Crippen LogP contribution in [0.2, 0.25) is 0 Å². The van der Waals surface area contributed by atoms with Crippen LogP contribution in [0.15, 0.2) is 192 Å². The fraction of sp³-hybridized carbons (Fsp3) is 0. The Labute approximate surface area is 306 Å². The predicted octanol–water partition coefficient (Wildman–Crippen LogP) is 12.9. The number of benzene rings is 8. The minimum atomic E-state index is 0.586. The quantitative estimate of drug-likeness (QED) is 0.176. The zero-order valence-electron chi connectivity index (χ0n) is 28.6. The SMILES string of the molecule is c1ccc(-c2cccc(-c3cccc4oc5cc(-c6nc(-c7ccccc7)nc(-c7cccc(-c8ccc9ccccc9c8)c7)n6)ccc5c34)c2)cc1. The van der Waals surface area contributed by atoms with Crippen molar-refractivity contribution in [1.29, 1.82) is 0 Å². The second kappa shape index (κ2) is 12.9. The van der Waals surface area contributed by atoms with Crippen LogP contribution in [0.1, 0.15) is 0 Å². The van der Waals surface area contributed by atoms with Gasteiger partial charge < -0.3 is 4.42 Å². The Kier molecular flexibility index (Phi) is 7.43. The topological polar surface area (TPSA) is 51.8 Å². The minimum Gasteiger partial charge on any atom is -0.456 e. The van der Waals surface area contributed by atoms with Gasteiger partial charge in [-0.2, -0.15) is 0 Å². The monoisotopic (exact) mass is 677 g/mol. The molecule has 0 aliphatic rings. The first kappa shape index (κ1) is 30.6. The van der Waals surface area contributed by atoms with E-state index in [1.54, 1.807) is 0 Å². The van der Waals surface area contributed by atoms with Crippen molar-refractivity contribution in [1.82, 2.24) is 15.0 Å². The summed E-state index contributed by atoms with van der Waals surface area (Å²) in [4.78, 5) is 15.1. The van der Waals surface area contributed by atoms with Crippen LogP contribution >= 0.6 is 0 Å². The highest BCUT2D eigenvalue weighted by molar-refractivity contribution is 6.13. The molecule has 53 heavy (non-hydrogen) atoms. The lowest BCUT2D eigenvalue weighted by atomic mass is 9.96. The van der Waals surface area contributed by atoms with Gasteiger partial charge in [-0.05, 0) is 80.6 Å². The molecular weight excluding hydrogens is 647 g/mol. The van der Waals surface area contributed by atoms with Crippen molar-refractivity contribution in [3.05, 3.63) is 188 Å². The largest absolute Gasteiger partial charge is 0.456 e. The number of aromatic nitrogens is 3. The van der Waals surface area contributed by atoms with E-state index in [4.69, 9.17) is 19.4 Å². The molecule has 10 rings (SSSR count). The minimum absolute atomic E-state index is 0.586. The van der Waals surface area contributed by atoms with Gasteiger partial charge in [0.05, 0.1) is 0 Å². The summed E-state index contributed by atoms with van der Waals surface area (Å²) >= 11 is 0. The van der Waals surface area contributed by atoms with Gasteiger partial charge >= 0.3 is 0 Å². The summed E-state index contributed by atoms with van der Waals surface area (Å²) in [5, 5.41) is 4.56. The normalized spacial score (nSPS) is 11.4. The number of nitrogens with zero attached hydrogens (tertiary/aromatic N) is 3. The highest BCUT2D eigenvalue weighted by Gasteiger charge is 2.17. The van der Waals surface area contributed by atoms with Crippen LogP contribution in [0, 0.1) is 0 Å². The molecule has 248 valence electrons. The molecule has 0 unspecified atom stereocenters. The highest BCUT2D eigenvalue weighted by atomic mass is 16.3. The summed E-state index contributed by atoms with van der Waals surface area (Å²) in [6.07, 6.45) is 0. The van der Waals surface area contributed by atoms with E-state index >= 15 is 0 Å². The third-order valence-corrected chi connectivity index (χ3v) is 9.91. The lowest BCUT2D eigenvalue weighted by Crippen LogP contribution is -2.00. The first-order valence-electron chi connectivity index (χ1n) is 17.8. The van der Waals surface area contributed by atoms with E-state index in [9.17, 15) is 0 Å². The van der Waals surface area contributed by atoms with Crippen LogP contribution in [-0.2, 0) is 0 Å². The van der Waals surface area contributed by atoms with E-state index in [0.29, 0.717) is 17.5 Å². The maximum atomic E-state index is 6.55. The van der Waals surface area contributed by atoms with E-state index in [-0.39, 0.29) is 0 Å². The lowest BCUT2D eigenvalue weighted by Gasteiger charge is -2.10. The number of hydrogen-bond acceptors (Lipinski definition) is 4. The van der Waals surface area contributed by atoms with E-state index in [0.717, 1.165) is 60.9 Å². The molecule has 0 saturated carbocycles. The number of hydrogen-bond donors (Lipinski definition) is 0. The van der Waals surface area contributed by atoms with Gasteiger partial charge in [-0.3, -0.25) is 0 Å². The molecule has 2 aromatic heterocycles. The van der Waals surface area contributed by atoms with Crippen molar-refractivity contribution in [2.75, 3.05) is 0 Å². The summed E-state index contributed by atoms with van der Waals surface area (Å²) in [5.41, 5.74) is 11.2. The van der Waals surface area contributed by atoms with E-state index in [1.807, 2.05) is 42.5 Å². The molecule has 4 heteroatoms. The second-order valence-corrected chi connectivity index (χ2v) is 13.3. The molecule has 0 bridgehead atoms. The molecule has 0 aliphatic heterocycles. The van der Waals surface area contributed by atoms with E-state index in [1.165, 1.54) is 21.9 Å². The molecule has 10 aromatic rings. The molecular formula is C49H31N3O. The molecule has 0 atom stereocenters. The van der Waals surface area contributed by atoms with Gasteiger partial charge in [-0.15, -0.1) is 0 Å². The van der Waals surface area contributed by atoms with Gasteiger partial charge in [0.1, 0.15) is 11.2 Å². The average Bonchev–Trinajstić information content (AvgIpc) is 3.62. The van der Waals surface area contributed by atoms with Crippen molar-refractivity contribution in [2.45, 2.75) is 0 Å². The molecule has 4 nitrogen and oxygen atoms in total. The van der Waals surface area contributed by atoms with Crippen molar-refractivity contribution in [3.63, 3.8) is 0 Å². The predicted molar refractivity (Wildman–Crippen MR) is 217 cm³/mol. The maximum absolute atomic E-state index is 6.55. The van der Waals surface area contributed by atoms with Crippen LogP contribution in [-0.4, -0.2) is 15.0 Å². The Morgan fingerprint density at radius 2 is 0.830 bits per heavy atom. The number of rotatable bonds is 6. The van der Waals surface area contributed by atoms with Gasteiger partial charge in [0, 0.05) is 27.5 Å². The fourth-order valence-corrected chi connectivity index (χ4v) is 7.26. The zero-order valence-corrected chi connectivity index (χ0v) is 28.6. The number of fused-ring (bicyclic) bond motifs is 4. The Morgan fingerprint density at radius 1 is 0.302 bits per heavy atom. The lowest BCUT2D eigenvalue weighted by molar-refractivity contribution is 0.669. The smallest absolute Gasteiger partial charge is 0.164 e. The summed E-state index contributed by atoms with van der Waals surface area (Å²) in [7, 11) is 0. The van der Waals surface area contributed by atoms with Crippen LogP contribution in [0.3, 0.4) is 0 Å². The summed E-state index contributed by atoms with van der Waals surface area (Å²) in [6.45, 7) is 0. The Balaban J connectivity index is 1.08. The molecule has 0 fully saturated rings. The van der Waals surface area contributed by atoms with Crippen LogP contribution in [0.5, 0.6) is 0 Å². The maximum Gasteiger partial charge on any atom is 0.164 e. The molecule has 0 aliphatic carbocycles. The molecule has 0 amide bonds. The van der Waals surface area contributed by atoms with Gasteiger partial charge in [0.2, 0.25) is 0 Å². The van der Waals surface area contributed by atoms with E-state index in [2.05, 4.69) is 146 Å². The molecule has 8 aromatic carbocycles. The molecule has 0 spiro atoms. The van der Waals surface area contributed by atoms with Crippen LogP contribution < -0.4 is 0 Å². The summed E-state index contributed by atoms with van der Waals surface area (Å²) in [5.74, 6) is 1.82. The van der Waals surface area contributed by atoms with Crippen molar-refractivity contribution in [2.24, 2.45) is 0 Å². The zero-order chi connectivity index (χ0) is 35.1. The Morgan fingerprint density at radius 3 is 1.60 bits per heavy atom. The first-order valence-corrected chi connectivity index (χ1v) is 17.8. The third-order valence-electron chi connectivity index (χ3n) is 9.91. The van der Waals surface area contributed by atoms with E-state index < -0.39 is 0 Å². The molecule has 0 radical (unpaired) electrons. The fourth-order valence-electron chi connectivity index (χ4n) is 7.26. The number of furan rings is 1. The molecule has 0 N–H and O–H groups in total. The second-order valence-electron chi connectivity index (χ2n) is 13.3. The standard InChI is InChI=1S/C49H31N3O/c1-3-12-32(13-4-1)36-18-9-20-39(29-36)42-22-11-23-44-46(42)43-27-26-41(31-45(43)53-44)49-51-47(34-15-5-2-6-16-34)50-48(52-49)40-21-10-19-37(30-40)38-25-24-33-14-7-8-17-35(33)28-38/h1-31H. The van der Waals surface area contributed by atoms with Gasteiger partial charge in [0.25, 0.3) is 0 Å². The molecule has 2 heterocycles. The third kappa shape index (κ3) is 5.73. The van der Waals surface area contributed by atoms with Gasteiger partial charge in [-0.1, -0.05) is 152 Å². The highest BCUT2D eigenvalue weighted by Crippen LogP contribution is 2.39. The Hall–Kier alpha value is -7.17. The average molecular weight is 678 g/mol. The van der Waals surface area contributed by atoms with Crippen molar-refractivity contribution >= 4 is 32.7 Å². The first-order chi connectivity index (χ1) is 26.2. The van der Waals surface area contributed by atoms with Gasteiger partial charge in [0.15, 0.2) is 17.5 Å².